The largest absolute Gasteiger partial charge is 0.507 e. The lowest BCUT2D eigenvalue weighted by Crippen LogP contribution is -1.90. The molecule has 0 aliphatic heterocycles. The number of aromatic hydroxyl groups is 1. The number of nitrogens with zero attached hydrogens (tertiary/aromatic N) is 2. The molecule has 0 aliphatic rings. The van der Waals surface area contributed by atoms with Crippen molar-refractivity contribution in [2.24, 2.45) is 7.05 Å². The summed E-state index contributed by atoms with van der Waals surface area (Å²) in [5.74, 6) is 1.12. The fourth-order valence-corrected chi connectivity index (χ4v) is 1.67. The van der Waals surface area contributed by atoms with Gasteiger partial charge in [-0.3, -0.25) is 0 Å². The summed E-state index contributed by atoms with van der Waals surface area (Å²) in [5, 5.41) is 9.34. The number of halogens is 1. The number of hydrogen-bond donors (Lipinski definition) is 1. The second-order valence-electron chi connectivity index (χ2n) is 3.03. The topological polar surface area (TPSA) is 38.0 Å². The van der Waals surface area contributed by atoms with Crippen LogP contribution in [0.15, 0.2) is 35.1 Å². The first kappa shape index (κ1) is 9.27. The monoisotopic (exact) mass is 252 g/mol. The quantitative estimate of drug-likeness (QED) is 0.848. The summed E-state index contributed by atoms with van der Waals surface area (Å²) < 4.78 is 2.61. The van der Waals surface area contributed by atoms with Crippen molar-refractivity contribution in [1.29, 1.82) is 0 Å². The summed E-state index contributed by atoms with van der Waals surface area (Å²) in [6.07, 6.45) is 3.63. The normalized spacial score (nSPS) is 10.4. The number of phenols is 1. The van der Waals surface area contributed by atoms with Gasteiger partial charge < -0.3 is 9.67 Å². The third kappa shape index (κ3) is 1.53. The Kier molecular flexibility index (Phi) is 2.29. The number of phenolic OH excluding ortho intramolecular Hbond substituents is 1. The summed E-state index contributed by atoms with van der Waals surface area (Å²) in [6.45, 7) is 0. The number of aromatic nitrogens is 2. The molecular formula is C10H9BrN2O. The van der Waals surface area contributed by atoms with Crippen LogP contribution in [-0.2, 0) is 7.05 Å². The molecular weight excluding hydrogens is 244 g/mol. The molecule has 3 nitrogen and oxygen atoms in total. The molecule has 0 saturated carbocycles. The van der Waals surface area contributed by atoms with Crippen molar-refractivity contribution in [2.75, 3.05) is 0 Å². The zero-order valence-electron chi connectivity index (χ0n) is 7.61. The van der Waals surface area contributed by atoms with E-state index in [1.54, 1.807) is 12.3 Å². The predicted octanol–water partition coefficient (Wildman–Crippen LogP) is 2.56. The Balaban J connectivity index is 2.53. The Hall–Kier alpha value is -1.29. The van der Waals surface area contributed by atoms with Crippen molar-refractivity contribution in [2.45, 2.75) is 0 Å². The molecule has 1 N–H and O–H groups in total. The lowest BCUT2D eigenvalue weighted by atomic mass is 10.2. The van der Waals surface area contributed by atoms with E-state index in [0.717, 1.165) is 11.4 Å². The number of aryl methyl sites for hydroxylation is 1. The van der Waals surface area contributed by atoms with Crippen LogP contribution in [0.2, 0.25) is 0 Å². The first-order valence-corrected chi connectivity index (χ1v) is 4.94. The standard InChI is InChI=1S/C10H9BrN2O/c1-13-5-4-12-10(13)7-2-3-9(14)8(11)6-7/h2-6,14H,1H3. The number of rotatable bonds is 1. The van der Waals surface area contributed by atoms with Gasteiger partial charge in [0.15, 0.2) is 0 Å². The van der Waals surface area contributed by atoms with Crippen LogP contribution >= 0.6 is 15.9 Å². The van der Waals surface area contributed by atoms with Crippen LogP contribution in [0, 0.1) is 0 Å². The smallest absolute Gasteiger partial charge is 0.139 e. The molecule has 2 aromatic rings. The summed E-state index contributed by atoms with van der Waals surface area (Å²) in [7, 11) is 1.93. The third-order valence-corrected chi connectivity index (χ3v) is 2.66. The second-order valence-corrected chi connectivity index (χ2v) is 3.88. The molecule has 0 saturated heterocycles. The molecule has 0 fully saturated rings. The van der Waals surface area contributed by atoms with Gasteiger partial charge >= 0.3 is 0 Å². The predicted molar refractivity (Wildman–Crippen MR) is 58.0 cm³/mol. The Bertz CT molecular complexity index is 465. The van der Waals surface area contributed by atoms with Crippen molar-refractivity contribution in [3.63, 3.8) is 0 Å². The van der Waals surface area contributed by atoms with Gasteiger partial charge in [-0.2, -0.15) is 0 Å². The van der Waals surface area contributed by atoms with Gasteiger partial charge in [-0.05, 0) is 34.1 Å². The molecule has 1 heterocycles. The fraction of sp³-hybridized carbons (Fsp3) is 0.100. The highest BCUT2D eigenvalue weighted by Crippen LogP contribution is 2.28. The van der Waals surface area contributed by atoms with Crippen LogP contribution in [0.1, 0.15) is 0 Å². The van der Waals surface area contributed by atoms with Gasteiger partial charge in [0.25, 0.3) is 0 Å². The fourth-order valence-electron chi connectivity index (χ4n) is 1.29. The van der Waals surface area contributed by atoms with Gasteiger partial charge in [-0.1, -0.05) is 0 Å². The van der Waals surface area contributed by atoms with Crippen molar-refractivity contribution in [3.8, 4) is 17.1 Å². The summed E-state index contributed by atoms with van der Waals surface area (Å²) >= 11 is 3.27. The van der Waals surface area contributed by atoms with Crippen LogP contribution in [0.25, 0.3) is 11.4 Å². The van der Waals surface area contributed by atoms with E-state index < -0.39 is 0 Å². The number of hydrogen-bond acceptors (Lipinski definition) is 2. The number of benzene rings is 1. The zero-order valence-corrected chi connectivity index (χ0v) is 9.19. The SMILES string of the molecule is Cn1ccnc1-c1ccc(O)c(Br)c1. The van der Waals surface area contributed by atoms with E-state index in [1.165, 1.54) is 0 Å². The first-order chi connectivity index (χ1) is 6.68. The molecule has 0 bridgehead atoms. The van der Waals surface area contributed by atoms with Gasteiger partial charge in [0.2, 0.25) is 0 Å². The van der Waals surface area contributed by atoms with Gasteiger partial charge in [-0.25, -0.2) is 4.98 Å². The minimum atomic E-state index is 0.239. The van der Waals surface area contributed by atoms with Gasteiger partial charge in [-0.15, -0.1) is 0 Å². The molecule has 14 heavy (non-hydrogen) atoms. The molecule has 2 rings (SSSR count). The second kappa shape index (κ2) is 3.46. The van der Waals surface area contributed by atoms with Crippen molar-refractivity contribution in [3.05, 3.63) is 35.1 Å². The molecule has 0 radical (unpaired) electrons. The van der Waals surface area contributed by atoms with E-state index in [0.29, 0.717) is 4.47 Å². The third-order valence-electron chi connectivity index (χ3n) is 2.03. The van der Waals surface area contributed by atoms with E-state index in [1.807, 2.05) is 29.9 Å². The highest BCUT2D eigenvalue weighted by Gasteiger charge is 2.05. The van der Waals surface area contributed by atoms with Crippen molar-refractivity contribution < 1.29 is 5.11 Å². The Labute approximate surface area is 90.2 Å². The van der Waals surface area contributed by atoms with Crippen molar-refractivity contribution in [1.82, 2.24) is 9.55 Å². The highest BCUT2D eigenvalue weighted by molar-refractivity contribution is 9.10. The molecule has 0 atom stereocenters. The average Bonchev–Trinajstić information content (AvgIpc) is 2.57. The van der Waals surface area contributed by atoms with Crippen molar-refractivity contribution >= 4 is 15.9 Å². The molecule has 0 unspecified atom stereocenters. The highest BCUT2D eigenvalue weighted by atomic mass is 79.9. The minimum Gasteiger partial charge on any atom is -0.507 e. The first-order valence-electron chi connectivity index (χ1n) is 4.14. The summed E-state index contributed by atoms with van der Waals surface area (Å²) in [6, 6.07) is 5.33. The maximum Gasteiger partial charge on any atom is 0.139 e. The van der Waals surface area contributed by atoms with E-state index in [4.69, 9.17) is 0 Å². The Morgan fingerprint density at radius 3 is 2.79 bits per heavy atom. The molecule has 0 amide bonds. The van der Waals surface area contributed by atoms with Crippen LogP contribution < -0.4 is 0 Å². The maximum absolute atomic E-state index is 9.34. The Morgan fingerprint density at radius 1 is 1.43 bits per heavy atom. The summed E-state index contributed by atoms with van der Waals surface area (Å²) in [4.78, 5) is 4.22. The lowest BCUT2D eigenvalue weighted by Gasteiger charge is -2.03. The average molecular weight is 253 g/mol. The van der Waals surface area contributed by atoms with E-state index in [9.17, 15) is 5.11 Å². The molecule has 72 valence electrons. The van der Waals surface area contributed by atoms with E-state index >= 15 is 0 Å². The van der Waals surface area contributed by atoms with E-state index in [2.05, 4.69) is 20.9 Å². The van der Waals surface area contributed by atoms with Crippen LogP contribution in [0.3, 0.4) is 0 Å². The molecule has 1 aromatic carbocycles. The molecule has 4 heteroatoms. The van der Waals surface area contributed by atoms with Crippen LogP contribution in [0.5, 0.6) is 5.75 Å². The maximum atomic E-state index is 9.34. The van der Waals surface area contributed by atoms with E-state index in [-0.39, 0.29) is 5.75 Å². The number of imidazole rings is 1. The molecule has 0 aliphatic carbocycles. The molecule has 0 spiro atoms. The zero-order chi connectivity index (χ0) is 10.1. The van der Waals surface area contributed by atoms with Gasteiger partial charge in [0.05, 0.1) is 4.47 Å². The Morgan fingerprint density at radius 2 is 2.21 bits per heavy atom. The lowest BCUT2D eigenvalue weighted by molar-refractivity contribution is 0.472. The van der Waals surface area contributed by atoms with Crippen LogP contribution in [-0.4, -0.2) is 14.7 Å². The van der Waals surface area contributed by atoms with Gasteiger partial charge in [0.1, 0.15) is 11.6 Å². The minimum absolute atomic E-state index is 0.239. The van der Waals surface area contributed by atoms with Crippen LogP contribution in [0.4, 0.5) is 0 Å². The molecule has 1 aromatic heterocycles. The summed E-state index contributed by atoms with van der Waals surface area (Å²) in [5.41, 5.74) is 0.974. The van der Waals surface area contributed by atoms with Gasteiger partial charge in [0, 0.05) is 25.0 Å².